The fourth-order valence-electron chi connectivity index (χ4n) is 4.14. The van der Waals surface area contributed by atoms with Crippen LogP contribution in [0.5, 0.6) is 0 Å². The number of carbonyl (C=O) groups excluding carboxylic acids is 1. The lowest BCUT2D eigenvalue weighted by atomic mass is 9.86. The number of piperidine rings is 1. The summed E-state index contributed by atoms with van der Waals surface area (Å²) in [7, 11) is -3.54. The maximum atomic E-state index is 13.0. The van der Waals surface area contributed by atoms with Crippen LogP contribution in [0.3, 0.4) is 0 Å². The summed E-state index contributed by atoms with van der Waals surface area (Å²) in [6.07, 6.45) is 0.994. The molecule has 2 saturated heterocycles. The van der Waals surface area contributed by atoms with Gasteiger partial charge in [-0.3, -0.25) is 9.69 Å². The van der Waals surface area contributed by atoms with Crippen molar-refractivity contribution in [1.29, 1.82) is 0 Å². The van der Waals surface area contributed by atoms with Crippen LogP contribution in [-0.4, -0.2) is 48.8 Å². The number of carbonyl (C=O) groups is 1. The molecule has 2 heterocycles. The van der Waals surface area contributed by atoms with Crippen LogP contribution in [0.4, 0.5) is 0 Å². The predicted molar refractivity (Wildman–Crippen MR) is 107 cm³/mol. The molecular weight excluding hydrogens is 374 g/mol. The van der Waals surface area contributed by atoms with Crippen molar-refractivity contribution in [2.45, 2.75) is 36.7 Å². The Kier molecular flexibility index (Phi) is 4.99. The van der Waals surface area contributed by atoms with Crippen LogP contribution in [0, 0.1) is 6.92 Å². The third kappa shape index (κ3) is 3.34. The number of rotatable bonds is 4. The van der Waals surface area contributed by atoms with Crippen LogP contribution in [-0.2, 0) is 21.4 Å². The fraction of sp³-hybridized carbons (Fsp3) is 0.381. The molecule has 1 N–H and O–H groups in total. The average molecular weight is 400 g/mol. The van der Waals surface area contributed by atoms with E-state index in [1.54, 1.807) is 12.1 Å². The van der Waals surface area contributed by atoms with Crippen molar-refractivity contribution in [1.82, 2.24) is 14.5 Å². The highest BCUT2D eigenvalue weighted by atomic mass is 32.2. The molecule has 0 aromatic heterocycles. The molecule has 148 valence electrons. The Morgan fingerprint density at radius 2 is 1.64 bits per heavy atom. The zero-order valence-electron chi connectivity index (χ0n) is 16.0. The van der Waals surface area contributed by atoms with Gasteiger partial charge in [-0.15, -0.1) is 0 Å². The fourth-order valence-corrected chi connectivity index (χ4v) is 5.58. The van der Waals surface area contributed by atoms with Crippen molar-refractivity contribution in [3.63, 3.8) is 0 Å². The number of hydrogen-bond donors (Lipinski definition) is 1. The van der Waals surface area contributed by atoms with E-state index < -0.39 is 15.6 Å². The Morgan fingerprint density at radius 3 is 2.29 bits per heavy atom. The van der Waals surface area contributed by atoms with Gasteiger partial charge in [0.05, 0.1) is 11.6 Å². The molecule has 0 saturated carbocycles. The number of aryl methyl sites for hydroxylation is 1. The second-order valence-corrected chi connectivity index (χ2v) is 9.53. The van der Waals surface area contributed by atoms with Crippen molar-refractivity contribution >= 4 is 15.9 Å². The molecule has 0 radical (unpaired) electrons. The highest BCUT2D eigenvalue weighted by Gasteiger charge is 2.51. The normalized spacial score (nSPS) is 20.4. The van der Waals surface area contributed by atoms with E-state index in [0.717, 1.165) is 11.1 Å². The van der Waals surface area contributed by atoms with Crippen LogP contribution < -0.4 is 5.32 Å². The molecule has 4 rings (SSSR count). The SMILES string of the molecule is Cc1ccc(S(=O)(=O)N2CCC3(CC2)C(=O)NCN3Cc2ccccc2)cc1. The second-order valence-electron chi connectivity index (χ2n) is 7.60. The third-order valence-electron chi connectivity index (χ3n) is 5.88. The van der Waals surface area contributed by atoms with E-state index in [-0.39, 0.29) is 5.91 Å². The van der Waals surface area contributed by atoms with Gasteiger partial charge in [0.25, 0.3) is 0 Å². The minimum Gasteiger partial charge on any atom is -0.342 e. The van der Waals surface area contributed by atoms with Crippen LogP contribution in [0.2, 0.25) is 0 Å². The zero-order chi connectivity index (χ0) is 19.8. The summed E-state index contributed by atoms with van der Waals surface area (Å²) in [5.74, 6) is 0.0100. The van der Waals surface area contributed by atoms with Crippen molar-refractivity contribution in [3.05, 3.63) is 65.7 Å². The van der Waals surface area contributed by atoms with Crippen LogP contribution >= 0.6 is 0 Å². The highest BCUT2D eigenvalue weighted by molar-refractivity contribution is 7.89. The smallest absolute Gasteiger partial charge is 0.243 e. The van der Waals surface area contributed by atoms with E-state index in [1.165, 1.54) is 4.31 Å². The Labute approximate surface area is 166 Å². The van der Waals surface area contributed by atoms with Crippen molar-refractivity contribution in [2.75, 3.05) is 19.8 Å². The van der Waals surface area contributed by atoms with Gasteiger partial charge in [-0.2, -0.15) is 4.31 Å². The van der Waals surface area contributed by atoms with E-state index in [1.807, 2.05) is 49.4 Å². The molecule has 2 aliphatic heterocycles. The molecule has 2 fully saturated rings. The summed E-state index contributed by atoms with van der Waals surface area (Å²) in [6.45, 7) is 3.79. The molecule has 1 spiro atoms. The van der Waals surface area contributed by atoms with Gasteiger partial charge in [-0.25, -0.2) is 8.42 Å². The summed E-state index contributed by atoms with van der Waals surface area (Å²) < 4.78 is 27.4. The molecule has 7 heteroatoms. The first-order valence-electron chi connectivity index (χ1n) is 9.56. The minimum atomic E-state index is -3.54. The number of hydrogen-bond acceptors (Lipinski definition) is 4. The van der Waals surface area contributed by atoms with Gasteiger partial charge in [0.1, 0.15) is 5.54 Å². The zero-order valence-corrected chi connectivity index (χ0v) is 16.8. The van der Waals surface area contributed by atoms with Crippen molar-refractivity contribution in [3.8, 4) is 0 Å². The van der Waals surface area contributed by atoms with Gasteiger partial charge >= 0.3 is 0 Å². The maximum Gasteiger partial charge on any atom is 0.243 e. The molecule has 0 atom stereocenters. The van der Waals surface area contributed by atoms with E-state index in [2.05, 4.69) is 10.2 Å². The first kappa shape index (κ1) is 19.1. The molecule has 0 bridgehead atoms. The topological polar surface area (TPSA) is 69.7 Å². The molecule has 2 aromatic rings. The second kappa shape index (κ2) is 7.31. The molecular formula is C21H25N3O3S. The Balaban J connectivity index is 1.51. The quantitative estimate of drug-likeness (QED) is 0.855. The van der Waals surface area contributed by atoms with Crippen molar-refractivity contribution in [2.24, 2.45) is 0 Å². The van der Waals surface area contributed by atoms with E-state index >= 15 is 0 Å². The molecule has 2 aromatic carbocycles. The highest BCUT2D eigenvalue weighted by Crippen LogP contribution is 2.35. The molecule has 6 nitrogen and oxygen atoms in total. The lowest BCUT2D eigenvalue weighted by molar-refractivity contribution is -0.128. The summed E-state index contributed by atoms with van der Waals surface area (Å²) in [5, 5.41) is 2.96. The summed E-state index contributed by atoms with van der Waals surface area (Å²) >= 11 is 0. The lowest BCUT2D eigenvalue weighted by Gasteiger charge is -2.41. The monoisotopic (exact) mass is 399 g/mol. The first-order valence-corrected chi connectivity index (χ1v) is 11.0. The summed E-state index contributed by atoms with van der Waals surface area (Å²) in [6, 6.07) is 17.0. The summed E-state index contributed by atoms with van der Waals surface area (Å²) in [4.78, 5) is 15.2. The Hall–Kier alpha value is -2.22. The number of sulfonamides is 1. The summed E-state index contributed by atoms with van der Waals surface area (Å²) in [5.41, 5.74) is 1.54. The van der Waals surface area contributed by atoms with Gasteiger partial charge in [-0.1, -0.05) is 48.0 Å². The third-order valence-corrected chi connectivity index (χ3v) is 7.80. The number of nitrogens with one attached hydrogen (secondary N) is 1. The predicted octanol–water partition coefficient (Wildman–Crippen LogP) is 2.11. The van der Waals surface area contributed by atoms with Crippen LogP contribution in [0.1, 0.15) is 24.0 Å². The Morgan fingerprint density at radius 1 is 1.00 bits per heavy atom. The van der Waals surface area contributed by atoms with E-state index in [4.69, 9.17) is 0 Å². The standard InChI is InChI=1S/C21H25N3O3S/c1-17-7-9-19(10-8-17)28(26,27)24-13-11-21(12-14-24)20(25)22-16-23(21)15-18-5-3-2-4-6-18/h2-10H,11-16H2,1H3,(H,22,25). The minimum absolute atomic E-state index is 0.0100. The number of amides is 1. The van der Waals surface area contributed by atoms with E-state index in [0.29, 0.717) is 44.0 Å². The lowest BCUT2D eigenvalue weighted by Crippen LogP contribution is -2.56. The van der Waals surface area contributed by atoms with Crippen LogP contribution in [0.15, 0.2) is 59.5 Å². The van der Waals surface area contributed by atoms with Gasteiger partial charge in [0, 0.05) is 19.6 Å². The molecule has 0 aliphatic carbocycles. The maximum absolute atomic E-state index is 13.0. The molecule has 0 unspecified atom stereocenters. The van der Waals surface area contributed by atoms with Gasteiger partial charge < -0.3 is 5.32 Å². The first-order chi connectivity index (χ1) is 13.4. The largest absolute Gasteiger partial charge is 0.342 e. The van der Waals surface area contributed by atoms with Gasteiger partial charge in [-0.05, 0) is 37.5 Å². The van der Waals surface area contributed by atoms with Gasteiger partial charge in [0.2, 0.25) is 15.9 Å². The Bertz CT molecular complexity index is 950. The van der Waals surface area contributed by atoms with Crippen molar-refractivity contribution < 1.29 is 13.2 Å². The molecule has 1 amide bonds. The molecule has 28 heavy (non-hydrogen) atoms. The number of nitrogens with zero attached hydrogens (tertiary/aromatic N) is 2. The van der Waals surface area contributed by atoms with E-state index in [9.17, 15) is 13.2 Å². The van der Waals surface area contributed by atoms with Crippen LogP contribution in [0.25, 0.3) is 0 Å². The van der Waals surface area contributed by atoms with Gasteiger partial charge in [0.15, 0.2) is 0 Å². The average Bonchev–Trinajstić information content (AvgIpc) is 2.99. The number of benzene rings is 2. The molecule has 2 aliphatic rings.